The number of amides is 2. The molecule has 5 heteroatoms. The minimum atomic E-state index is -0.401. The summed E-state index contributed by atoms with van der Waals surface area (Å²) in [4.78, 5) is 16.8. The van der Waals surface area contributed by atoms with E-state index in [1.165, 1.54) is 6.07 Å². The Balaban J connectivity index is 1.69. The van der Waals surface area contributed by atoms with Crippen molar-refractivity contribution in [2.75, 3.05) is 31.5 Å². The predicted molar refractivity (Wildman–Crippen MR) is 90.0 cm³/mol. The number of benzene rings is 1. The Kier molecular flexibility index (Phi) is 4.66. The Hall–Kier alpha value is -1.88. The van der Waals surface area contributed by atoms with E-state index in [2.05, 4.69) is 16.8 Å². The number of hydrogen-bond donors (Lipinski definition) is 1. The van der Waals surface area contributed by atoms with Gasteiger partial charge in [0.05, 0.1) is 5.69 Å². The van der Waals surface area contributed by atoms with E-state index in [9.17, 15) is 9.18 Å². The lowest BCUT2D eigenvalue weighted by molar-refractivity contribution is 0.0670. The van der Waals surface area contributed by atoms with Crippen LogP contribution in [0.2, 0.25) is 0 Å². The molecule has 2 aliphatic heterocycles. The second kappa shape index (κ2) is 6.71. The van der Waals surface area contributed by atoms with Crippen LogP contribution < -0.4 is 5.32 Å². The van der Waals surface area contributed by atoms with Crippen LogP contribution in [0.3, 0.4) is 0 Å². The van der Waals surface area contributed by atoms with Crippen LogP contribution in [-0.4, -0.2) is 47.5 Å². The van der Waals surface area contributed by atoms with Crippen LogP contribution in [0.1, 0.15) is 25.7 Å². The van der Waals surface area contributed by atoms with E-state index in [1.807, 2.05) is 11.0 Å². The van der Waals surface area contributed by atoms with Gasteiger partial charge in [-0.2, -0.15) is 0 Å². The third-order valence-electron chi connectivity index (χ3n) is 5.05. The Morgan fingerprint density at radius 3 is 2.78 bits per heavy atom. The number of urea groups is 1. The number of para-hydroxylation sites is 1. The van der Waals surface area contributed by atoms with Gasteiger partial charge in [0.15, 0.2) is 0 Å². The number of carbonyl (C=O) groups is 1. The van der Waals surface area contributed by atoms with E-state index in [1.54, 1.807) is 18.2 Å². The number of hydrogen-bond acceptors (Lipinski definition) is 2. The molecule has 4 nitrogen and oxygen atoms in total. The zero-order valence-corrected chi connectivity index (χ0v) is 13.4. The highest BCUT2D eigenvalue weighted by molar-refractivity contribution is 5.89. The zero-order chi connectivity index (χ0) is 16.3. The van der Waals surface area contributed by atoms with Gasteiger partial charge in [0.2, 0.25) is 0 Å². The lowest BCUT2D eigenvalue weighted by atomic mass is 9.86. The number of nitrogens with one attached hydrogen (secondary N) is 1. The quantitative estimate of drug-likeness (QED) is 0.867. The van der Waals surface area contributed by atoms with Gasteiger partial charge in [-0.15, -0.1) is 6.58 Å². The van der Waals surface area contributed by atoms with E-state index in [0.717, 1.165) is 45.3 Å². The molecule has 1 spiro atoms. The monoisotopic (exact) mass is 317 g/mol. The van der Waals surface area contributed by atoms with Gasteiger partial charge in [-0.25, -0.2) is 9.18 Å². The van der Waals surface area contributed by atoms with Gasteiger partial charge in [0, 0.05) is 25.2 Å². The molecule has 0 saturated carbocycles. The summed E-state index contributed by atoms with van der Waals surface area (Å²) in [6.07, 6.45) is 6.31. The molecule has 1 aromatic carbocycles. The summed E-state index contributed by atoms with van der Waals surface area (Å²) >= 11 is 0. The maximum atomic E-state index is 13.7. The molecule has 2 saturated heterocycles. The molecule has 0 radical (unpaired) electrons. The topological polar surface area (TPSA) is 35.6 Å². The molecule has 2 amide bonds. The standard InChI is InChI=1S/C18H24FN3O/c1-2-11-22-13-6-10-18(22)9-5-12-21(14-18)17(23)20-16-8-4-3-7-15(16)19/h2-4,7-8H,1,5-6,9-14H2,(H,20,23). The minimum Gasteiger partial charge on any atom is -0.323 e. The zero-order valence-electron chi connectivity index (χ0n) is 13.4. The number of nitrogens with zero attached hydrogens (tertiary/aromatic N) is 2. The molecule has 124 valence electrons. The molecular weight excluding hydrogens is 293 g/mol. The molecule has 1 aromatic rings. The SMILES string of the molecule is C=CCN1CCCC12CCCN(C(=O)Nc1ccccc1F)C2. The van der Waals surface area contributed by atoms with Crippen molar-refractivity contribution in [2.24, 2.45) is 0 Å². The number of rotatable bonds is 3. The molecule has 2 fully saturated rings. The first-order valence-electron chi connectivity index (χ1n) is 8.31. The lowest BCUT2D eigenvalue weighted by Crippen LogP contribution is -2.57. The normalized spacial score (nSPS) is 24.8. The second-order valence-corrected chi connectivity index (χ2v) is 6.50. The van der Waals surface area contributed by atoms with Gasteiger partial charge in [-0.1, -0.05) is 18.2 Å². The second-order valence-electron chi connectivity index (χ2n) is 6.50. The summed E-state index contributed by atoms with van der Waals surface area (Å²) in [5.41, 5.74) is 0.311. The first-order valence-corrected chi connectivity index (χ1v) is 8.31. The van der Waals surface area contributed by atoms with Crippen molar-refractivity contribution in [3.05, 3.63) is 42.7 Å². The van der Waals surface area contributed by atoms with Crippen LogP contribution in [-0.2, 0) is 0 Å². The van der Waals surface area contributed by atoms with Crippen molar-refractivity contribution < 1.29 is 9.18 Å². The molecule has 1 unspecified atom stereocenters. The van der Waals surface area contributed by atoms with Gasteiger partial charge in [0.25, 0.3) is 0 Å². The van der Waals surface area contributed by atoms with Crippen LogP contribution in [0, 0.1) is 5.82 Å². The molecule has 1 atom stereocenters. The molecule has 0 aliphatic carbocycles. The van der Waals surface area contributed by atoms with Crippen molar-refractivity contribution in [3.63, 3.8) is 0 Å². The highest BCUT2D eigenvalue weighted by Crippen LogP contribution is 2.37. The smallest absolute Gasteiger partial charge is 0.321 e. The summed E-state index contributed by atoms with van der Waals surface area (Å²) in [5, 5.41) is 2.71. The van der Waals surface area contributed by atoms with E-state index < -0.39 is 5.82 Å². The number of halogens is 1. The predicted octanol–water partition coefficient (Wildman–Crippen LogP) is 3.47. The summed E-state index contributed by atoms with van der Waals surface area (Å²) in [6, 6.07) is 6.08. The van der Waals surface area contributed by atoms with Crippen LogP contribution in [0.5, 0.6) is 0 Å². The van der Waals surface area contributed by atoms with E-state index >= 15 is 0 Å². The maximum absolute atomic E-state index is 13.7. The molecule has 0 aromatic heterocycles. The average molecular weight is 317 g/mol. The highest BCUT2D eigenvalue weighted by Gasteiger charge is 2.44. The number of likely N-dealkylation sites (tertiary alicyclic amines) is 2. The minimum absolute atomic E-state index is 0.0685. The van der Waals surface area contributed by atoms with Crippen molar-refractivity contribution in [2.45, 2.75) is 31.2 Å². The number of carbonyl (C=O) groups excluding carboxylic acids is 1. The van der Waals surface area contributed by atoms with Gasteiger partial charge in [0.1, 0.15) is 5.82 Å². The fraction of sp³-hybridized carbons (Fsp3) is 0.500. The van der Waals surface area contributed by atoms with E-state index in [-0.39, 0.29) is 17.3 Å². The van der Waals surface area contributed by atoms with Gasteiger partial charge < -0.3 is 10.2 Å². The Bertz CT molecular complexity index is 591. The van der Waals surface area contributed by atoms with Crippen molar-refractivity contribution >= 4 is 11.7 Å². The summed E-state index contributed by atoms with van der Waals surface area (Å²) < 4.78 is 13.7. The van der Waals surface area contributed by atoms with Crippen molar-refractivity contribution in [3.8, 4) is 0 Å². The highest BCUT2D eigenvalue weighted by atomic mass is 19.1. The first kappa shape index (κ1) is 16.0. The summed E-state index contributed by atoms with van der Waals surface area (Å²) in [7, 11) is 0. The fourth-order valence-electron chi connectivity index (χ4n) is 3.94. The van der Waals surface area contributed by atoms with Crippen molar-refractivity contribution in [1.82, 2.24) is 9.80 Å². The third-order valence-corrected chi connectivity index (χ3v) is 5.05. The average Bonchev–Trinajstić information content (AvgIpc) is 2.92. The molecule has 0 bridgehead atoms. The van der Waals surface area contributed by atoms with E-state index in [4.69, 9.17) is 0 Å². The first-order chi connectivity index (χ1) is 11.1. The van der Waals surface area contributed by atoms with Gasteiger partial charge >= 0.3 is 6.03 Å². The molecule has 2 aliphatic rings. The van der Waals surface area contributed by atoms with Crippen LogP contribution in [0.15, 0.2) is 36.9 Å². The number of anilines is 1. The van der Waals surface area contributed by atoms with Crippen LogP contribution >= 0.6 is 0 Å². The molecule has 1 N–H and O–H groups in total. The van der Waals surface area contributed by atoms with E-state index in [0.29, 0.717) is 6.54 Å². The molecule has 23 heavy (non-hydrogen) atoms. The Labute approximate surface area is 137 Å². The van der Waals surface area contributed by atoms with Crippen molar-refractivity contribution in [1.29, 1.82) is 0 Å². The lowest BCUT2D eigenvalue weighted by Gasteiger charge is -2.45. The van der Waals surface area contributed by atoms with Crippen LogP contribution in [0.4, 0.5) is 14.9 Å². The van der Waals surface area contributed by atoms with Crippen LogP contribution in [0.25, 0.3) is 0 Å². The Morgan fingerprint density at radius 1 is 1.30 bits per heavy atom. The summed E-state index contributed by atoms with van der Waals surface area (Å²) in [6.45, 7) is 7.21. The summed E-state index contributed by atoms with van der Waals surface area (Å²) in [5.74, 6) is -0.401. The maximum Gasteiger partial charge on any atom is 0.321 e. The molecule has 2 heterocycles. The largest absolute Gasteiger partial charge is 0.323 e. The molecular formula is C18H24FN3O. The fourth-order valence-corrected chi connectivity index (χ4v) is 3.94. The Morgan fingerprint density at radius 2 is 2.04 bits per heavy atom. The van der Waals surface area contributed by atoms with Gasteiger partial charge in [-0.3, -0.25) is 4.90 Å². The number of piperidine rings is 1. The third kappa shape index (κ3) is 3.24. The van der Waals surface area contributed by atoms with Gasteiger partial charge in [-0.05, 0) is 44.4 Å². The molecule has 3 rings (SSSR count).